The van der Waals surface area contributed by atoms with Crippen LogP contribution in [0.5, 0.6) is 0 Å². The van der Waals surface area contributed by atoms with E-state index in [0.717, 1.165) is 0 Å². The molecule has 1 aliphatic carbocycles. The molecule has 0 saturated heterocycles. The van der Waals surface area contributed by atoms with Crippen molar-refractivity contribution in [1.29, 1.82) is 0 Å². The number of carbonyl (C=O) groups is 1. The second-order valence-electron chi connectivity index (χ2n) is 4.34. The third-order valence-corrected chi connectivity index (χ3v) is 3.16. The molecule has 0 aromatic carbocycles. The molecule has 88 valence electrons. The highest BCUT2D eigenvalue weighted by Crippen LogP contribution is 2.26. The first-order valence-electron chi connectivity index (χ1n) is 5.92. The molecule has 1 unspecified atom stereocenters. The molecule has 0 bridgehead atoms. The average molecular weight is 213 g/mol. The summed E-state index contributed by atoms with van der Waals surface area (Å²) in [6, 6.07) is 0.172. The monoisotopic (exact) mass is 213 g/mol. The van der Waals surface area contributed by atoms with Gasteiger partial charge in [-0.1, -0.05) is 19.3 Å². The van der Waals surface area contributed by atoms with Crippen LogP contribution in [0, 0.1) is 5.92 Å². The second kappa shape index (κ2) is 6.80. The van der Waals surface area contributed by atoms with Crippen molar-refractivity contribution < 1.29 is 4.79 Å². The molecule has 1 aliphatic rings. The molecular formula is C11H23N3O. The van der Waals surface area contributed by atoms with Crippen molar-refractivity contribution in [2.24, 2.45) is 11.7 Å². The maximum absolute atomic E-state index is 11.4. The minimum atomic E-state index is 0.0542. The molecule has 4 nitrogen and oxygen atoms in total. The minimum Gasteiger partial charge on any atom is -0.351 e. The van der Waals surface area contributed by atoms with Crippen LogP contribution in [0.3, 0.4) is 0 Å². The normalized spacial score (nSPS) is 19.9. The van der Waals surface area contributed by atoms with Crippen LogP contribution in [-0.2, 0) is 4.79 Å². The Kier molecular flexibility index (Phi) is 5.65. The molecule has 1 atom stereocenters. The van der Waals surface area contributed by atoms with Crippen LogP contribution in [0.25, 0.3) is 0 Å². The van der Waals surface area contributed by atoms with E-state index in [1.165, 1.54) is 32.1 Å². The van der Waals surface area contributed by atoms with Crippen LogP contribution in [0.15, 0.2) is 0 Å². The van der Waals surface area contributed by atoms with Crippen molar-refractivity contribution in [3.63, 3.8) is 0 Å². The lowest BCUT2D eigenvalue weighted by atomic mass is 9.84. The SMILES string of the molecule is CNCC(=O)NC(CN)C1CCCCC1. The van der Waals surface area contributed by atoms with Gasteiger partial charge in [0, 0.05) is 12.6 Å². The maximum atomic E-state index is 11.4. The Morgan fingerprint density at radius 3 is 2.60 bits per heavy atom. The second-order valence-corrected chi connectivity index (χ2v) is 4.34. The molecular weight excluding hydrogens is 190 g/mol. The average Bonchev–Trinajstić information content (AvgIpc) is 2.27. The van der Waals surface area contributed by atoms with Gasteiger partial charge in [-0.2, -0.15) is 0 Å². The number of amides is 1. The van der Waals surface area contributed by atoms with Crippen LogP contribution in [-0.4, -0.2) is 32.1 Å². The smallest absolute Gasteiger partial charge is 0.234 e. The first-order valence-corrected chi connectivity index (χ1v) is 5.92. The van der Waals surface area contributed by atoms with E-state index in [9.17, 15) is 4.79 Å². The highest BCUT2D eigenvalue weighted by Gasteiger charge is 2.23. The number of nitrogens with one attached hydrogen (secondary N) is 2. The van der Waals surface area contributed by atoms with Crippen molar-refractivity contribution in [1.82, 2.24) is 10.6 Å². The predicted octanol–water partition coefficient (Wildman–Crippen LogP) is 0.230. The molecule has 0 aliphatic heterocycles. The number of carbonyl (C=O) groups excluding carboxylic acids is 1. The van der Waals surface area contributed by atoms with Gasteiger partial charge in [0.15, 0.2) is 0 Å². The number of likely N-dealkylation sites (N-methyl/N-ethyl adjacent to an activating group) is 1. The fraction of sp³-hybridized carbons (Fsp3) is 0.909. The van der Waals surface area contributed by atoms with Crippen molar-refractivity contribution in [2.45, 2.75) is 38.1 Å². The quantitative estimate of drug-likeness (QED) is 0.612. The van der Waals surface area contributed by atoms with Gasteiger partial charge in [-0.15, -0.1) is 0 Å². The van der Waals surface area contributed by atoms with Gasteiger partial charge in [-0.25, -0.2) is 0 Å². The largest absolute Gasteiger partial charge is 0.351 e. The van der Waals surface area contributed by atoms with E-state index in [2.05, 4.69) is 10.6 Å². The van der Waals surface area contributed by atoms with Crippen molar-refractivity contribution in [3.05, 3.63) is 0 Å². The van der Waals surface area contributed by atoms with Crippen molar-refractivity contribution >= 4 is 5.91 Å². The summed E-state index contributed by atoms with van der Waals surface area (Å²) in [4.78, 5) is 11.4. The minimum absolute atomic E-state index is 0.0542. The van der Waals surface area contributed by atoms with E-state index in [4.69, 9.17) is 5.73 Å². The van der Waals surface area contributed by atoms with Gasteiger partial charge in [0.25, 0.3) is 0 Å². The maximum Gasteiger partial charge on any atom is 0.234 e. The summed E-state index contributed by atoms with van der Waals surface area (Å²) in [7, 11) is 1.78. The van der Waals surface area contributed by atoms with Gasteiger partial charge in [0.1, 0.15) is 0 Å². The van der Waals surface area contributed by atoms with Crippen molar-refractivity contribution in [2.75, 3.05) is 20.1 Å². The Hall–Kier alpha value is -0.610. The summed E-state index contributed by atoms with van der Waals surface area (Å²) in [5.41, 5.74) is 5.71. The Morgan fingerprint density at radius 1 is 1.40 bits per heavy atom. The van der Waals surface area contributed by atoms with Gasteiger partial charge in [-0.05, 0) is 25.8 Å². The molecule has 1 saturated carbocycles. The molecule has 4 heteroatoms. The summed E-state index contributed by atoms with van der Waals surface area (Å²) in [5.74, 6) is 0.642. The number of hydrogen-bond donors (Lipinski definition) is 3. The van der Waals surface area contributed by atoms with Crippen LogP contribution >= 0.6 is 0 Å². The Morgan fingerprint density at radius 2 is 2.07 bits per heavy atom. The summed E-state index contributed by atoms with van der Waals surface area (Å²) < 4.78 is 0. The molecule has 1 fully saturated rings. The zero-order chi connectivity index (χ0) is 11.1. The molecule has 15 heavy (non-hydrogen) atoms. The Labute approximate surface area is 92.0 Å². The summed E-state index contributed by atoms with van der Waals surface area (Å²) in [6.07, 6.45) is 6.31. The van der Waals surface area contributed by atoms with Crippen LogP contribution in [0.2, 0.25) is 0 Å². The van der Waals surface area contributed by atoms with E-state index in [0.29, 0.717) is 19.0 Å². The summed E-state index contributed by atoms with van der Waals surface area (Å²) in [5, 5.41) is 5.86. The van der Waals surface area contributed by atoms with E-state index < -0.39 is 0 Å². The van der Waals surface area contributed by atoms with E-state index in [-0.39, 0.29) is 11.9 Å². The van der Waals surface area contributed by atoms with Crippen molar-refractivity contribution in [3.8, 4) is 0 Å². The van der Waals surface area contributed by atoms with Gasteiger partial charge in [0.05, 0.1) is 6.54 Å². The lowest BCUT2D eigenvalue weighted by Crippen LogP contribution is -2.48. The first-order chi connectivity index (χ1) is 7.27. The van der Waals surface area contributed by atoms with E-state index >= 15 is 0 Å². The third-order valence-electron chi connectivity index (χ3n) is 3.16. The Balaban J connectivity index is 2.36. The lowest BCUT2D eigenvalue weighted by Gasteiger charge is -2.30. The number of nitrogens with two attached hydrogens (primary N) is 1. The summed E-state index contributed by atoms with van der Waals surface area (Å²) in [6.45, 7) is 0.934. The molecule has 0 aromatic heterocycles. The molecule has 1 amide bonds. The number of hydrogen-bond acceptors (Lipinski definition) is 3. The number of rotatable bonds is 5. The molecule has 4 N–H and O–H groups in total. The fourth-order valence-electron chi connectivity index (χ4n) is 2.32. The zero-order valence-electron chi connectivity index (χ0n) is 9.59. The van der Waals surface area contributed by atoms with Gasteiger partial charge in [-0.3, -0.25) is 4.79 Å². The van der Waals surface area contributed by atoms with Crippen LogP contribution in [0.4, 0.5) is 0 Å². The highest BCUT2D eigenvalue weighted by atomic mass is 16.1. The lowest BCUT2D eigenvalue weighted by molar-refractivity contribution is -0.121. The highest BCUT2D eigenvalue weighted by molar-refractivity contribution is 5.78. The fourth-order valence-corrected chi connectivity index (χ4v) is 2.32. The van der Waals surface area contributed by atoms with Gasteiger partial charge in [0.2, 0.25) is 5.91 Å². The molecule has 0 spiro atoms. The van der Waals surface area contributed by atoms with Crippen LogP contribution in [0.1, 0.15) is 32.1 Å². The molecule has 0 heterocycles. The predicted molar refractivity (Wildman–Crippen MR) is 61.5 cm³/mol. The van der Waals surface area contributed by atoms with Gasteiger partial charge < -0.3 is 16.4 Å². The van der Waals surface area contributed by atoms with Crippen LogP contribution < -0.4 is 16.4 Å². The standard InChI is InChI=1S/C11H23N3O/c1-13-8-11(15)14-10(7-12)9-5-3-2-4-6-9/h9-10,13H,2-8,12H2,1H3,(H,14,15). The Bertz CT molecular complexity index is 190. The molecule has 0 radical (unpaired) electrons. The first kappa shape index (κ1) is 12.5. The summed E-state index contributed by atoms with van der Waals surface area (Å²) >= 11 is 0. The van der Waals surface area contributed by atoms with E-state index in [1.54, 1.807) is 7.05 Å². The third kappa shape index (κ3) is 4.18. The topological polar surface area (TPSA) is 67.2 Å². The zero-order valence-corrected chi connectivity index (χ0v) is 9.59. The van der Waals surface area contributed by atoms with Gasteiger partial charge >= 0.3 is 0 Å². The van der Waals surface area contributed by atoms with E-state index in [1.807, 2.05) is 0 Å². The molecule has 1 rings (SSSR count). The molecule has 0 aromatic rings.